The summed E-state index contributed by atoms with van der Waals surface area (Å²) in [7, 11) is 1.56. The van der Waals surface area contributed by atoms with Gasteiger partial charge in [-0.25, -0.2) is 4.79 Å². The lowest BCUT2D eigenvalue weighted by Crippen LogP contribution is -2.34. The molecule has 1 amide bonds. The summed E-state index contributed by atoms with van der Waals surface area (Å²) in [5.74, 6) is -0.863. The van der Waals surface area contributed by atoms with Crippen LogP contribution in [-0.2, 0) is 14.3 Å². The molecule has 0 fully saturated rings. The van der Waals surface area contributed by atoms with Crippen LogP contribution in [0.5, 0.6) is 11.5 Å². The van der Waals surface area contributed by atoms with Gasteiger partial charge in [0.05, 0.1) is 19.6 Å². The zero-order valence-electron chi connectivity index (χ0n) is 22.0. The fourth-order valence-corrected chi connectivity index (χ4v) is 4.78. The standard InChI is InChI=1S/C33H26N2O5/c1-3-39-33(37)30-28(23-10-5-4-6-11-23)29-26-12-8-7-9-22(26)15-18-27(29)40-32(30)35-31(36)24(20-34)19-21-13-16-25(38-2)17-14-21/h4-19,28H,3H2,1-2H3,(H,35,36)/b24-19+. The minimum Gasteiger partial charge on any atom is -0.497 e. The van der Waals surface area contributed by atoms with Crippen molar-refractivity contribution in [2.45, 2.75) is 12.8 Å². The number of hydrogen-bond acceptors (Lipinski definition) is 6. The Morgan fingerprint density at radius 1 is 0.975 bits per heavy atom. The molecule has 5 rings (SSSR count). The molecule has 1 unspecified atom stereocenters. The maximum absolute atomic E-state index is 13.5. The zero-order valence-corrected chi connectivity index (χ0v) is 22.0. The van der Waals surface area contributed by atoms with Crippen molar-refractivity contribution in [1.29, 1.82) is 5.26 Å². The van der Waals surface area contributed by atoms with Crippen LogP contribution in [0, 0.1) is 11.3 Å². The summed E-state index contributed by atoms with van der Waals surface area (Å²) in [5.41, 5.74) is 2.24. The second-order valence-electron chi connectivity index (χ2n) is 9.00. The van der Waals surface area contributed by atoms with Crippen molar-refractivity contribution in [3.8, 4) is 17.6 Å². The van der Waals surface area contributed by atoms with Crippen molar-refractivity contribution in [2.75, 3.05) is 13.7 Å². The number of ether oxygens (including phenoxy) is 3. The Kier molecular flexibility index (Phi) is 7.61. The van der Waals surface area contributed by atoms with Gasteiger partial charge < -0.3 is 14.2 Å². The molecule has 0 radical (unpaired) electrons. The second-order valence-corrected chi connectivity index (χ2v) is 9.00. The van der Waals surface area contributed by atoms with E-state index in [0.29, 0.717) is 17.1 Å². The van der Waals surface area contributed by atoms with E-state index in [9.17, 15) is 14.9 Å². The van der Waals surface area contributed by atoms with Crippen LogP contribution in [0.3, 0.4) is 0 Å². The summed E-state index contributed by atoms with van der Waals surface area (Å²) < 4.78 is 16.8. The molecule has 1 aliphatic heterocycles. The monoisotopic (exact) mass is 530 g/mol. The molecule has 1 heterocycles. The molecule has 0 aliphatic carbocycles. The molecule has 7 heteroatoms. The van der Waals surface area contributed by atoms with E-state index in [0.717, 1.165) is 21.9 Å². The summed E-state index contributed by atoms with van der Waals surface area (Å²) in [5, 5.41) is 14.4. The smallest absolute Gasteiger partial charge is 0.340 e. The molecule has 198 valence electrons. The highest BCUT2D eigenvalue weighted by Gasteiger charge is 2.38. The number of hydrogen-bond donors (Lipinski definition) is 1. The number of amides is 1. The van der Waals surface area contributed by atoms with Crippen LogP contribution in [0.25, 0.3) is 16.8 Å². The molecule has 4 aromatic rings. The van der Waals surface area contributed by atoms with Gasteiger partial charge >= 0.3 is 5.97 Å². The van der Waals surface area contributed by atoms with Crippen LogP contribution in [0.1, 0.15) is 29.5 Å². The van der Waals surface area contributed by atoms with Gasteiger partial charge in [0, 0.05) is 5.56 Å². The third-order valence-corrected chi connectivity index (χ3v) is 6.61. The Bertz CT molecular complexity index is 1680. The maximum Gasteiger partial charge on any atom is 0.340 e. The zero-order chi connectivity index (χ0) is 28.1. The summed E-state index contributed by atoms with van der Waals surface area (Å²) in [4.78, 5) is 26.9. The summed E-state index contributed by atoms with van der Waals surface area (Å²) >= 11 is 0. The van der Waals surface area contributed by atoms with Gasteiger partial charge in [-0.2, -0.15) is 5.26 Å². The lowest BCUT2D eigenvalue weighted by atomic mass is 9.80. The summed E-state index contributed by atoms with van der Waals surface area (Å²) in [6.07, 6.45) is 1.46. The van der Waals surface area contributed by atoms with Crippen molar-refractivity contribution in [3.63, 3.8) is 0 Å². The molecule has 1 aliphatic rings. The first kappa shape index (κ1) is 26.3. The van der Waals surface area contributed by atoms with E-state index in [4.69, 9.17) is 14.2 Å². The van der Waals surface area contributed by atoms with Crippen molar-refractivity contribution in [1.82, 2.24) is 5.32 Å². The average molecular weight is 531 g/mol. The van der Waals surface area contributed by atoms with E-state index in [1.54, 1.807) is 38.3 Å². The fraction of sp³-hybridized carbons (Fsp3) is 0.121. The normalized spacial score (nSPS) is 14.5. The molecule has 1 N–H and O–H groups in total. The molecular formula is C33H26N2O5. The molecular weight excluding hydrogens is 504 g/mol. The number of nitrogens with one attached hydrogen (secondary N) is 1. The molecule has 0 saturated carbocycles. The van der Waals surface area contributed by atoms with Crippen molar-refractivity contribution in [3.05, 3.63) is 125 Å². The van der Waals surface area contributed by atoms with Crippen LogP contribution >= 0.6 is 0 Å². The van der Waals surface area contributed by atoms with E-state index >= 15 is 0 Å². The number of nitriles is 1. The van der Waals surface area contributed by atoms with Gasteiger partial charge in [-0.15, -0.1) is 0 Å². The number of esters is 1. The van der Waals surface area contributed by atoms with Crippen LogP contribution in [-0.4, -0.2) is 25.6 Å². The number of benzene rings is 4. The number of rotatable bonds is 7. The van der Waals surface area contributed by atoms with Crippen molar-refractivity contribution < 1.29 is 23.8 Å². The molecule has 40 heavy (non-hydrogen) atoms. The van der Waals surface area contributed by atoms with Gasteiger partial charge in [0.15, 0.2) is 0 Å². The molecule has 0 spiro atoms. The van der Waals surface area contributed by atoms with Crippen molar-refractivity contribution >= 4 is 28.7 Å². The minimum atomic E-state index is -0.717. The summed E-state index contributed by atoms with van der Waals surface area (Å²) in [6, 6.07) is 30.0. The van der Waals surface area contributed by atoms with Crippen LogP contribution in [0.2, 0.25) is 0 Å². The molecule has 0 bridgehead atoms. The van der Waals surface area contributed by atoms with E-state index in [1.807, 2.05) is 72.8 Å². The first-order valence-corrected chi connectivity index (χ1v) is 12.8. The Hall–Kier alpha value is -5.35. The van der Waals surface area contributed by atoms with Crippen molar-refractivity contribution in [2.24, 2.45) is 0 Å². The summed E-state index contributed by atoms with van der Waals surface area (Å²) in [6.45, 7) is 1.85. The quantitative estimate of drug-likeness (QED) is 0.182. The lowest BCUT2D eigenvalue weighted by molar-refractivity contribution is -0.139. The third-order valence-electron chi connectivity index (χ3n) is 6.61. The second kappa shape index (κ2) is 11.6. The molecule has 1 atom stereocenters. The van der Waals surface area contributed by atoms with Gasteiger partial charge in [0.2, 0.25) is 5.88 Å². The number of fused-ring (bicyclic) bond motifs is 3. The van der Waals surface area contributed by atoms with E-state index in [2.05, 4.69) is 5.32 Å². The topological polar surface area (TPSA) is 97.7 Å². The van der Waals surface area contributed by atoms with E-state index in [-0.39, 0.29) is 23.6 Å². The Balaban J connectivity index is 1.64. The fourth-order valence-electron chi connectivity index (χ4n) is 4.78. The van der Waals surface area contributed by atoms with Gasteiger partial charge in [-0.05, 0) is 53.1 Å². The minimum absolute atomic E-state index is 0.0732. The van der Waals surface area contributed by atoms with Gasteiger partial charge in [-0.1, -0.05) is 72.8 Å². The molecule has 0 saturated heterocycles. The number of carbonyl (C=O) groups is 2. The van der Waals surface area contributed by atoms with E-state index < -0.39 is 17.8 Å². The van der Waals surface area contributed by atoms with Gasteiger partial charge in [0.25, 0.3) is 5.91 Å². The van der Waals surface area contributed by atoms with E-state index in [1.165, 1.54) is 6.08 Å². The first-order valence-electron chi connectivity index (χ1n) is 12.8. The Morgan fingerprint density at radius 3 is 2.40 bits per heavy atom. The first-order chi connectivity index (χ1) is 19.5. The van der Waals surface area contributed by atoms with Gasteiger partial charge in [-0.3, -0.25) is 10.1 Å². The van der Waals surface area contributed by atoms with Crippen LogP contribution in [0.15, 0.2) is 108 Å². The number of nitrogens with zero attached hydrogens (tertiary/aromatic N) is 1. The highest BCUT2D eigenvalue weighted by molar-refractivity contribution is 6.04. The van der Waals surface area contributed by atoms with Crippen LogP contribution in [0.4, 0.5) is 0 Å². The highest BCUT2D eigenvalue weighted by Crippen LogP contribution is 2.46. The SMILES string of the molecule is CCOC(=O)C1=C(NC(=O)/C(C#N)=C/c2ccc(OC)cc2)Oc2ccc3ccccc3c2C1c1ccccc1. The number of methoxy groups -OCH3 is 1. The van der Waals surface area contributed by atoms with Crippen LogP contribution < -0.4 is 14.8 Å². The van der Waals surface area contributed by atoms with Gasteiger partial charge in [0.1, 0.15) is 28.7 Å². The number of carbonyl (C=O) groups excluding carboxylic acids is 2. The predicted octanol–water partition coefficient (Wildman–Crippen LogP) is 5.87. The lowest BCUT2D eigenvalue weighted by Gasteiger charge is -2.31. The Labute approximate surface area is 231 Å². The molecule has 0 aromatic heterocycles. The maximum atomic E-state index is 13.5. The largest absolute Gasteiger partial charge is 0.497 e. The third kappa shape index (κ3) is 5.16. The molecule has 7 nitrogen and oxygen atoms in total. The highest BCUT2D eigenvalue weighted by atomic mass is 16.5. The predicted molar refractivity (Wildman–Crippen MR) is 151 cm³/mol. The Morgan fingerprint density at radius 2 is 1.70 bits per heavy atom. The average Bonchev–Trinajstić information content (AvgIpc) is 2.99. The molecule has 4 aromatic carbocycles.